The first-order valence-corrected chi connectivity index (χ1v) is 19.9. The number of aliphatic carboxylic acids is 1. The Balaban J connectivity index is 1.48. The van der Waals surface area contributed by atoms with Gasteiger partial charge in [-0.05, 0) is 87.2 Å². The van der Waals surface area contributed by atoms with Gasteiger partial charge in [0.15, 0.2) is 6.73 Å². The smallest absolute Gasteiger partial charge is 0.311 e. The Morgan fingerprint density at radius 3 is 2.55 bits per heavy atom. The molecule has 1 aliphatic heterocycles. The lowest BCUT2D eigenvalue weighted by Crippen LogP contribution is -2.59. The topological polar surface area (TPSA) is 178 Å². The molecule has 1 saturated heterocycles. The molecule has 2 aromatic rings. The van der Waals surface area contributed by atoms with E-state index < -0.39 is 35.8 Å². The number of ether oxygens (including phenoxy) is 1. The number of carboxylic acid groups (broad SMARTS) is 1. The number of amides is 3. The quantitative estimate of drug-likeness (QED) is 0.129. The summed E-state index contributed by atoms with van der Waals surface area (Å²) in [4.78, 5) is 74.2. The molecule has 4 N–H and O–H groups in total. The summed E-state index contributed by atoms with van der Waals surface area (Å²) in [6.07, 6.45) is 5.74. The minimum atomic E-state index is -1.02. The van der Waals surface area contributed by atoms with Gasteiger partial charge in [0.1, 0.15) is 17.5 Å². The van der Waals surface area contributed by atoms with E-state index >= 15 is 0 Å². The number of carbonyl (C=O) groups excluding carboxylic acids is 4. The van der Waals surface area contributed by atoms with Crippen molar-refractivity contribution in [2.45, 2.75) is 129 Å². The number of aromatic hydroxyl groups is 1. The van der Waals surface area contributed by atoms with Crippen molar-refractivity contribution in [3.63, 3.8) is 0 Å². The predicted molar refractivity (Wildman–Crippen MR) is 201 cm³/mol. The summed E-state index contributed by atoms with van der Waals surface area (Å²) in [6, 6.07) is 2.78. The van der Waals surface area contributed by atoms with Crippen LogP contribution in [0, 0.1) is 11.8 Å². The van der Waals surface area contributed by atoms with E-state index in [2.05, 4.69) is 15.6 Å². The fourth-order valence-electron chi connectivity index (χ4n) is 7.36. The number of esters is 1. The number of aromatic nitrogens is 1. The monoisotopic (exact) mass is 755 g/mol. The highest BCUT2D eigenvalue weighted by Gasteiger charge is 2.38. The zero-order valence-electron chi connectivity index (χ0n) is 31.9. The van der Waals surface area contributed by atoms with Crippen molar-refractivity contribution in [2.75, 3.05) is 20.3 Å². The molecule has 0 saturated carbocycles. The van der Waals surface area contributed by atoms with Crippen LogP contribution in [-0.4, -0.2) is 99.1 Å². The van der Waals surface area contributed by atoms with Gasteiger partial charge in [-0.15, -0.1) is 11.3 Å². The predicted octanol–water partition coefficient (Wildman–Crippen LogP) is 4.86. The van der Waals surface area contributed by atoms with Crippen molar-refractivity contribution in [3.8, 4) is 5.75 Å². The number of hydrogen-bond acceptors (Lipinski definition) is 10. The molecule has 4 rings (SSSR count). The second-order valence-corrected chi connectivity index (χ2v) is 15.9. The molecule has 1 aromatic heterocycles. The summed E-state index contributed by atoms with van der Waals surface area (Å²) >= 11 is 1.33. The number of likely N-dealkylation sites (tertiary alicyclic amines) is 1. The molecule has 3 amide bonds. The molecule has 1 aromatic carbocycles. The lowest BCUT2D eigenvalue weighted by atomic mass is 9.80. The second kappa shape index (κ2) is 19.3. The summed E-state index contributed by atoms with van der Waals surface area (Å²) in [5, 5.41) is 28.1. The Kier molecular flexibility index (Phi) is 15.2. The van der Waals surface area contributed by atoms with Crippen LogP contribution in [0.25, 0.3) is 0 Å². The van der Waals surface area contributed by atoms with E-state index in [0.717, 1.165) is 31.4 Å². The molecular formula is C39H57N5O8S. The van der Waals surface area contributed by atoms with Crippen molar-refractivity contribution in [1.29, 1.82) is 0 Å². The number of piperidine rings is 1. The van der Waals surface area contributed by atoms with Crippen LogP contribution in [0.3, 0.4) is 0 Å². The summed E-state index contributed by atoms with van der Waals surface area (Å²) in [6.45, 7) is 10.4. The SMILES string of the molecule is CCCC(=O)OCN(C(=O)[C@@H](NC(=O)[C@H]1CCCCN1C)C(C)CC)[C@H](CCc1nc(C(=O)N[C@H]2Cc3ccc(O)cc3[C@H](C(=O)O)C2)cs1)C(C)C. The highest BCUT2D eigenvalue weighted by Crippen LogP contribution is 2.34. The number of phenols is 1. The van der Waals surface area contributed by atoms with Gasteiger partial charge < -0.3 is 30.5 Å². The van der Waals surface area contributed by atoms with Gasteiger partial charge in [-0.2, -0.15) is 0 Å². The van der Waals surface area contributed by atoms with E-state index in [1.165, 1.54) is 23.5 Å². The van der Waals surface area contributed by atoms with Crippen LogP contribution in [0.2, 0.25) is 0 Å². The van der Waals surface area contributed by atoms with E-state index in [4.69, 9.17) is 4.74 Å². The highest BCUT2D eigenvalue weighted by molar-refractivity contribution is 7.09. The number of phenolic OH excluding ortho intramolecular Hbond substituents is 1. The molecule has 1 unspecified atom stereocenters. The number of rotatable bonds is 17. The normalized spacial score (nSPS) is 20.5. The molecule has 53 heavy (non-hydrogen) atoms. The van der Waals surface area contributed by atoms with Gasteiger partial charge in [0, 0.05) is 30.3 Å². The highest BCUT2D eigenvalue weighted by atomic mass is 32.1. The first-order chi connectivity index (χ1) is 25.2. The molecule has 2 heterocycles. The largest absolute Gasteiger partial charge is 0.508 e. The number of nitrogens with zero attached hydrogens (tertiary/aromatic N) is 3. The van der Waals surface area contributed by atoms with Gasteiger partial charge in [-0.3, -0.25) is 28.9 Å². The van der Waals surface area contributed by atoms with Crippen LogP contribution in [0.1, 0.15) is 119 Å². The molecule has 6 atom stereocenters. The van der Waals surface area contributed by atoms with Gasteiger partial charge >= 0.3 is 11.9 Å². The Morgan fingerprint density at radius 1 is 1.13 bits per heavy atom. The van der Waals surface area contributed by atoms with Gasteiger partial charge in [-0.25, -0.2) is 4.98 Å². The minimum Gasteiger partial charge on any atom is -0.508 e. The standard InChI is InChI=1S/C39H57N5O8S/c1-7-11-34(46)52-22-44(38(49)35(24(5)8-2)42-37(48)32-12-9-10-17-43(32)6)31(23(3)4)15-16-33-41-30(21-53-33)36(47)40-26-18-25-13-14-27(45)20-28(25)29(19-26)39(50)51/h13-14,20-21,23-24,26,29,31-32,35,45H,7-12,15-19,22H2,1-6H3,(H,40,47)(H,42,48)(H,50,51)/t24?,26-,29+,31+,32+,35-/m0/s1. The molecule has 0 bridgehead atoms. The zero-order chi connectivity index (χ0) is 38.8. The van der Waals surface area contributed by atoms with Gasteiger partial charge in [0.25, 0.3) is 5.91 Å². The first kappa shape index (κ1) is 41.7. The summed E-state index contributed by atoms with van der Waals surface area (Å²) in [5.41, 5.74) is 1.55. The van der Waals surface area contributed by atoms with E-state index in [0.29, 0.717) is 42.7 Å². The van der Waals surface area contributed by atoms with Crippen molar-refractivity contribution in [1.82, 2.24) is 25.4 Å². The number of nitrogens with one attached hydrogen (secondary N) is 2. The molecule has 14 heteroatoms. The second-order valence-electron chi connectivity index (χ2n) is 14.9. The molecule has 0 radical (unpaired) electrons. The molecule has 1 fully saturated rings. The average Bonchev–Trinajstić information content (AvgIpc) is 3.60. The van der Waals surface area contributed by atoms with Crippen LogP contribution in [0.15, 0.2) is 23.6 Å². The third-order valence-corrected chi connectivity index (χ3v) is 11.6. The minimum absolute atomic E-state index is 0.00184. The number of fused-ring (bicyclic) bond motifs is 1. The molecule has 292 valence electrons. The van der Waals surface area contributed by atoms with E-state index in [-0.39, 0.29) is 66.7 Å². The van der Waals surface area contributed by atoms with E-state index in [9.17, 15) is 34.2 Å². The lowest BCUT2D eigenvalue weighted by Gasteiger charge is -2.39. The Bertz CT molecular complexity index is 1600. The number of aryl methyl sites for hydroxylation is 1. The van der Waals surface area contributed by atoms with Gasteiger partial charge in [-0.1, -0.05) is 53.5 Å². The molecule has 1 aliphatic carbocycles. The fourth-order valence-corrected chi connectivity index (χ4v) is 8.16. The molecule has 0 spiro atoms. The van der Waals surface area contributed by atoms with Gasteiger partial charge in [0.05, 0.1) is 17.0 Å². The molecule has 13 nitrogen and oxygen atoms in total. The maximum absolute atomic E-state index is 14.5. The van der Waals surface area contributed by atoms with E-state index in [1.807, 2.05) is 46.6 Å². The van der Waals surface area contributed by atoms with Gasteiger partial charge in [0.2, 0.25) is 11.8 Å². The number of carbonyl (C=O) groups is 5. The van der Waals surface area contributed by atoms with Crippen molar-refractivity contribution in [2.24, 2.45) is 11.8 Å². The third-order valence-electron chi connectivity index (χ3n) is 10.7. The van der Waals surface area contributed by atoms with Crippen molar-refractivity contribution in [3.05, 3.63) is 45.4 Å². The van der Waals surface area contributed by atoms with E-state index in [1.54, 1.807) is 16.3 Å². The zero-order valence-corrected chi connectivity index (χ0v) is 32.7. The van der Waals surface area contributed by atoms with Crippen LogP contribution < -0.4 is 10.6 Å². The summed E-state index contributed by atoms with van der Waals surface area (Å²) in [5.74, 6) is -3.35. The average molecular weight is 756 g/mol. The summed E-state index contributed by atoms with van der Waals surface area (Å²) in [7, 11) is 1.93. The summed E-state index contributed by atoms with van der Waals surface area (Å²) < 4.78 is 5.64. The number of thiazole rings is 1. The lowest BCUT2D eigenvalue weighted by molar-refractivity contribution is -0.159. The van der Waals surface area contributed by atoms with Crippen LogP contribution in [0.4, 0.5) is 0 Å². The molecule has 2 aliphatic rings. The molecular weight excluding hydrogens is 699 g/mol. The Hall–Kier alpha value is -4.04. The number of carboxylic acids is 1. The fraction of sp³-hybridized carbons (Fsp3) is 0.641. The maximum atomic E-state index is 14.5. The first-order valence-electron chi connectivity index (χ1n) is 19.0. The van der Waals surface area contributed by atoms with Crippen molar-refractivity contribution < 1.29 is 38.9 Å². The van der Waals surface area contributed by atoms with Crippen LogP contribution in [0.5, 0.6) is 5.75 Å². The van der Waals surface area contributed by atoms with Crippen LogP contribution >= 0.6 is 11.3 Å². The van der Waals surface area contributed by atoms with Crippen molar-refractivity contribution >= 4 is 41.0 Å². The van der Waals surface area contributed by atoms with Crippen LogP contribution in [-0.2, 0) is 36.8 Å². The Morgan fingerprint density at radius 2 is 1.89 bits per heavy atom. The maximum Gasteiger partial charge on any atom is 0.311 e. The number of likely N-dealkylation sites (N-methyl/N-ethyl adjacent to an activating group) is 1. The number of benzene rings is 1. The number of hydrogen-bond donors (Lipinski definition) is 4. The third kappa shape index (κ3) is 11.0. The Labute approximate surface area is 316 Å².